The molecule has 21 heavy (non-hydrogen) atoms. The van der Waals surface area contributed by atoms with E-state index in [1.807, 2.05) is 0 Å². The molecule has 0 atom stereocenters. The van der Waals surface area contributed by atoms with Gasteiger partial charge >= 0.3 is 0 Å². The van der Waals surface area contributed by atoms with Crippen LogP contribution >= 0.6 is 11.3 Å². The molecule has 0 aliphatic heterocycles. The van der Waals surface area contributed by atoms with E-state index in [1.165, 1.54) is 16.0 Å². The summed E-state index contributed by atoms with van der Waals surface area (Å²) in [7, 11) is 0. The summed E-state index contributed by atoms with van der Waals surface area (Å²) in [6.45, 7) is 4.85. The summed E-state index contributed by atoms with van der Waals surface area (Å²) < 4.78 is 2.05. The van der Waals surface area contributed by atoms with Crippen LogP contribution in [0.3, 0.4) is 0 Å². The average Bonchev–Trinajstić information content (AvgIpc) is 3.10. The molecule has 108 valence electrons. The number of aromatic nitrogens is 2. The molecular weight excluding hydrogens is 278 g/mol. The Balaban J connectivity index is 2.18. The molecule has 3 nitrogen and oxygen atoms in total. The fourth-order valence-corrected chi connectivity index (χ4v) is 3.16. The van der Waals surface area contributed by atoms with Gasteiger partial charge in [-0.25, -0.2) is 4.68 Å². The lowest BCUT2D eigenvalue weighted by Gasteiger charge is -2.10. The van der Waals surface area contributed by atoms with Crippen molar-refractivity contribution in [3.63, 3.8) is 0 Å². The fourth-order valence-electron chi connectivity index (χ4n) is 2.43. The van der Waals surface area contributed by atoms with Crippen LogP contribution in [0.1, 0.15) is 16.8 Å². The first-order valence-electron chi connectivity index (χ1n) is 7.09. The van der Waals surface area contributed by atoms with Gasteiger partial charge in [-0.05, 0) is 55.1 Å². The van der Waals surface area contributed by atoms with Crippen LogP contribution in [0.15, 0.2) is 41.8 Å². The van der Waals surface area contributed by atoms with E-state index in [2.05, 4.69) is 60.3 Å². The van der Waals surface area contributed by atoms with E-state index in [9.17, 15) is 0 Å². The lowest BCUT2D eigenvalue weighted by molar-refractivity contribution is 0.821. The number of hydrogen-bond donors (Lipinski definition) is 1. The minimum absolute atomic E-state index is 0.619. The largest absolute Gasteiger partial charge is 0.330 e. The highest BCUT2D eigenvalue weighted by Crippen LogP contribution is 2.29. The topological polar surface area (TPSA) is 43.8 Å². The van der Waals surface area contributed by atoms with Gasteiger partial charge in [0, 0.05) is 6.42 Å². The summed E-state index contributed by atoms with van der Waals surface area (Å²) in [6, 6.07) is 12.8. The molecular formula is C17H19N3S. The Morgan fingerprint density at radius 2 is 2.05 bits per heavy atom. The highest BCUT2D eigenvalue weighted by Gasteiger charge is 2.13. The Labute approximate surface area is 129 Å². The Bertz CT molecular complexity index is 741. The van der Waals surface area contributed by atoms with E-state index < -0.39 is 0 Å². The van der Waals surface area contributed by atoms with Crippen molar-refractivity contribution in [3.05, 3.63) is 58.6 Å². The van der Waals surface area contributed by atoms with Gasteiger partial charge in [0.15, 0.2) is 0 Å². The maximum atomic E-state index is 5.68. The molecule has 1 aromatic carbocycles. The summed E-state index contributed by atoms with van der Waals surface area (Å²) in [6.07, 6.45) is 0.802. The van der Waals surface area contributed by atoms with Gasteiger partial charge in [0.2, 0.25) is 0 Å². The SMILES string of the molecule is Cc1ccc(C)c(-n2nc(CCN)cc2-c2cccs2)c1. The van der Waals surface area contributed by atoms with E-state index >= 15 is 0 Å². The first-order valence-corrected chi connectivity index (χ1v) is 7.97. The molecule has 0 radical (unpaired) electrons. The average molecular weight is 297 g/mol. The van der Waals surface area contributed by atoms with Crippen molar-refractivity contribution in [2.24, 2.45) is 5.73 Å². The second kappa shape index (κ2) is 5.84. The maximum Gasteiger partial charge on any atom is 0.0843 e. The van der Waals surface area contributed by atoms with Crippen LogP contribution in [0.5, 0.6) is 0 Å². The third-order valence-electron chi connectivity index (χ3n) is 3.53. The number of nitrogens with two attached hydrogens (primary N) is 1. The predicted molar refractivity (Wildman–Crippen MR) is 89.1 cm³/mol. The summed E-state index contributed by atoms with van der Waals surface area (Å²) in [4.78, 5) is 1.23. The number of hydrogen-bond acceptors (Lipinski definition) is 3. The Morgan fingerprint density at radius 1 is 1.19 bits per heavy atom. The first-order chi connectivity index (χ1) is 10.2. The minimum atomic E-state index is 0.619. The number of benzene rings is 1. The molecule has 0 bridgehead atoms. The highest BCUT2D eigenvalue weighted by molar-refractivity contribution is 7.13. The zero-order valence-electron chi connectivity index (χ0n) is 12.3. The first kappa shape index (κ1) is 14.0. The van der Waals surface area contributed by atoms with Gasteiger partial charge in [-0.2, -0.15) is 5.10 Å². The van der Waals surface area contributed by atoms with Gasteiger partial charge in [0.1, 0.15) is 0 Å². The third-order valence-corrected chi connectivity index (χ3v) is 4.42. The molecule has 2 heterocycles. The summed E-state index contributed by atoms with van der Waals surface area (Å²) in [5.74, 6) is 0. The normalized spacial score (nSPS) is 11.0. The molecule has 0 aliphatic carbocycles. The minimum Gasteiger partial charge on any atom is -0.330 e. The van der Waals surface area contributed by atoms with Gasteiger partial charge in [0.05, 0.1) is 22.0 Å². The highest BCUT2D eigenvalue weighted by atomic mass is 32.1. The Morgan fingerprint density at radius 3 is 2.76 bits per heavy atom. The van der Waals surface area contributed by atoms with Crippen molar-refractivity contribution in [2.45, 2.75) is 20.3 Å². The van der Waals surface area contributed by atoms with E-state index in [0.717, 1.165) is 23.5 Å². The van der Waals surface area contributed by atoms with Crippen LogP contribution in [0.25, 0.3) is 16.3 Å². The van der Waals surface area contributed by atoms with Crippen LogP contribution < -0.4 is 5.73 Å². The predicted octanol–water partition coefficient (Wildman–Crippen LogP) is 3.72. The van der Waals surface area contributed by atoms with Crippen LogP contribution in [0, 0.1) is 13.8 Å². The molecule has 0 fully saturated rings. The zero-order valence-corrected chi connectivity index (χ0v) is 13.2. The molecule has 0 spiro atoms. The van der Waals surface area contributed by atoms with Gasteiger partial charge in [0.25, 0.3) is 0 Å². The monoisotopic (exact) mass is 297 g/mol. The van der Waals surface area contributed by atoms with Crippen LogP contribution in [-0.4, -0.2) is 16.3 Å². The molecule has 2 N–H and O–H groups in total. The second-order valence-electron chi connectivity index (χ2n) is 5.24. The van der Waals surface area contributed by atoms with E-state index in [0.29, 0.717) is 6.54 Å². The summed E-state index contributed by atoms with van der Waals surface area (Å²) >= 11 is 1.73. The van der Waals surface area contributed by atoms with Crippen LogP contribution in [0.4, 0.5) is 0 Å². The molecule has 0 saturated carbocycles. The molecule has 0 unspecified atom stereocenters. The lowest BCUT2D eigenvalue weighted by Crippen LogP contribution is -2.05. The number of nitrogens with zero attached hydrogens (tertiary/aromatic N) is 2. The Kier molecular flexibility index (Phi) is 3.90. The zero-order chi connectivity index (χ0) is 14.8. The lowest BCUT2D eigenvalue weighted by atomic mass is 10.1. The van der Waals surface area contributed by atoms with Crippen molar-refractivity contribution < 1.29 is 0 Å². The Hall–Kier alpha value is -1.91. The van der Waals surface area contributed by atoms with Gasteiger partial charge in [-0.15, -0.1) is 11.3 Å². The fraction of sp³-hybridized carbons (Fsp3) is 0.235. The van der Waals surface area contributed by atoms with E-state index in [4.69, 9.17) is 10.8 Å². The van der Waals surface area contributed by atoms with Crippen molar-refractivity contribution in [1.82, 2.24) is 9.78 Å². The summed E-state index contributed by atoms with van der Waals surface area (Å²) in [5.41, 5.74) is 11.5. The van der Waals surface area contributed by atoms with Crippen LogP contribution in [-0.2, 0) is 6.42 Å². The smallest absolute Gasteiger partial charge is 0.0843 e. The summed E-state index contributed by atoms with van der Waals surface area (Å²) in [5, 5.41) is 6.87. The van der Waals surface area contributed by atoms with Crippen molar-refractivity contribution >= 4 is 11.3 Å². The quantitative estimate of drug-likeness (QED) is 0.797. The molecule has 0 amide bonds. The molecule has 3 aromatic rings. The number of thiophene rings is 1. The number of rotatable bonds is 4. The van der Waals surface area contributed by atoms with Gasteiger partial charge in [-0.1, -0.05) is 18.2 Å². The van der Waals surface area contributed by atoms with Crippen molar-refractivity contribution in [2.75, 3.05) is 6.54 Å². The van der Waals surface area contributed by atoms with Crippen LogP contribution in [0.2, 0.25) is 0 Å². The standard InChI is InChI=1S/C17H19N3S/c1-12-5-6-13(2)15(10-12)20-16(17-4-3-9-21-17)11-14(19-20)7-8-18/h3-6,9-11H,7-8,18H2,1-2H3. The van der Waals surface area contributed by atoms with E-state index in [1.54, 1.807) is 11.3 Å². The third kappa shape index (κ3) is 2.77. The molecule has 0 saturated heterocycles. The number of aryl methyl sites for hydroxylation is 2. The second-order valence-corrected chi connectivity index (χ2v) is 6.19. The van der Waals surface area contributed by atoms with Crippen molar-refractivity contribution in [3.8, 4) is 16.3 Å². The molecule has 3 rings (SSSR count). The van der Waals surface area contributed by atoms with E-state index in [-0.39, 0.29) is 0 Å². The molecule has 0 aliphatic rings. The maximum absolute atomic E-state index is 5.68. The molecule has 2 aromatic heterocycles. The van der Waals surface area contributed by atoms with Crippen molar-refractivity contribution in [1.29, 1.82) is 0 Å². The van der Waals surface area contributed by atoms with Gasteiger partial charge < -0.3 is 5.73 Å². The van der Waals surface area contributed by atoms with Gasteiger partial charge in [-0.3, -0.25) is 0 Å². The molecule has 4 heteroatoms.